The maximum Gasteiger partial charge on any atom is 0.254 e. The highest BCUT2D eigenvalue weighted by Crippen LogP contribution is 2.30. The average molecular weight is 337 g/mol. The van der Waals surface area contributed by atoms with Crippen LogP contribution in [-0.2, 0) is 6.54 Å². The van der Waals surface area contributed by atoms with Crippen LogP contribution in [-0.4, -0.2) is 51.5 Å². The number of rotatable bonds is 3. The van der Waals surface area contributed by atoms with Crippen LogP contribution in [0.25, 0.3) is 0 Å². The number of carbonyl (C=O) groups is 1. The van der Waals surface area contributed by atoms with Crippen molar-refractivity contribution in [2.45, 2.75) is 25.4 Å². The maximum absolute atomic E-state index is 12.9. The molecule has 25 heavy (non-hydrogen) atoms. The van der Waals surface area contributed by atoms with Crippen molar-refractivity contribution < 1.29 is 9.90 Å². The number of phenolic OH excluding ortho intramolecular Hbond substituents is 1. The third kappa shape index (κ3) is 3.51. The quantitative estimate of drug-likeness (QED) is 0.935. The number of piperidine rings is 1. The zero-order chi connectivity index (χ0) is 17.2. The van der Waals surface area contributed by atoms with Crippen molar-refractivity contribution in [1.29, 1.82) is 0 Å². The van der Waals surface area contributed by atoms with Crippen LogP contribution >= 0.6 is 0 Å². The summed E-state index contributed by atoms with van der Waals surface area (Å²) in [6, 6.07) is 11.0. The second kappa shape index (κ2) is 6.84. The molecule has 0 spiro atoms. The van der Waals surface area contributed by atoms with Gasteiger partial charge in [0.25, 0.3) is 5.91 Å². The molecule has 5 rings (SSSR count). The van der Waals surface area contributed by atoms with Gasteiger partial charge in [-0.25, -0.2) is 0 Å². The molecule has 5 heteroatoms. The molecule has 1 amide bonds. The van der Waals surface area contributed by atoms with Crippen LogP contribution in [0.15, 0.2) is 48.8 Å². The van der Waals surface area contributed by atoms with E-state index < -0.39 is 0 Å². The second-order valence-electron chi connectivity index (χ2n) is 7.16. The number of carbonyl (C=O) groups excluding carboxylic acids is 1. The number of phenols is 1. The van der Waals surface area contributed by atoms with Crippen LogP contribution in [0.4, 0.5) is 0 Å². The first kappa shape index (κ1) is 16.1. The number of aromatic nitrogens is 1. The number of hydrogen-bond donors (Lipinski definition) is 1. The molecule has 5 nitrogen and oxygen atoms in total. The minimum Gasteiger partial charge on any atom is -0.508 e. The Labute approximate surface area is 147 Å². The van der Waals surface area contributed by atoms with Crippen molar-refractivity contribution >= 4 is 5.91 Å². The van der Waals surface area contributed by atoms with Crippen LogP contribution in [0.1, 0.15) is 28.8 Å². The van der Waals surface area contributed by atoms with Gasteiger partial charge >= 0.3 is 0 Å². The normalized spacial score (nSPS) is 23.4. The summed E-state index contributed by atoms with van der Waals surface area (Å²) in [5.41, 5.74) is 1.79. The Kier molecular flexibility index (Phi) is 4.40. The van der Waals surface area contributed by atoms with E-state index in [1.165, 1.54) is 12.0 Å². The molecular formula is C20H23N3O2. The van der Waals surface area contributed by atoms with E-state index in [1.54, 1.807) is 30.5 Å². The molecular weight excluding hydrogens is 314 g/mol. The summed E-state index contributed by atoms with van der Waals surface area (Å²) in [5, 5.41) is 9.67. The third-order valence-corrected chi connectivity index (χ3v) is 5.27. The van der Waals surface area contributed by atoms with Gasteiger partial charge in [0, 0.05) is 50.2 Å². The van der Waals surface area contributed by atoms with Gasteiger partial charge < -0.3 is 10.0 Å². The van der Waals surface area contributed by atoms with Crippen LogP contribution in [0.5, 0.6) is 5.75 Å². The van der Waals surface area contributed by atoms with E-state index in [2.05, 4.69) is 16.0 Å². The standard InChI is InChI=1S/C20H23N3O2/c24-19-5-1-4-17(9-19)20(25)23-13-16-6-7-18(23)14-22(12-16)11-15-3-2-8-21-10-15/h1-5,8-10,16,18,24H,6-7,11-14H2/t16-,18+/m0/s1. The van der Waals surface area contributed by atoms with Crippen LogP contribution in [0.3, 0.4) is 0 Å². The lowest BCUT2D eigenvalue weighted by atomic mass is 9.94. The highest BCUT2D eigenvalue weighted by Gasteiger charge is 2.37. The molecule has 1 aromatic heterocycles. The minimum absolute atomic E-state index is 0.0360. The Morgan fingerprint density at radius 2 is 2.08 bits per heavy atom. The topological polar surface area (TPSA) is 56.7 Å². The van der Waals surface area contributed by atoms with Crippen molar-refractivity contribution in [1.82, 2.24) is 14.8 Å². The average Bonchev–Trinajstić information content (AvgIpc) is 2.92. The van der Waals surface area contributed by atoms with Gasteiger partial charge in [0.2, 0.25) is 0 Å². The highest BCUT2D eigenvalue weighted by molar-refractivity contribution is 5.95. The Morgan fingerprint density at radius 1 is 1.16 bits per heavy atom. The summed E-state index contributed by atoms with van der Waals surface area (Å²) >= 11 is 0. The third-order valence-electron chi connectivity index (χ3n) is 5.27. The molecule has 130 valence electrons. The zero-order valence-corrected chi connectivity index (χ0v) is 14.2. The molecule has 1 N–H and O–H groups in total. The molecule has 0 saturated carbocycles. The van der Waals surface area contributed by atoms with Crippen LogP contribution in [0.2, 0.25) is 0 Å². The summed E-state index contributed by atoms with van der Waals surface area (Å²) in [5.74, 6) is 0.689. The second-order valence-corrected chi connectivity index (χ2v) is 7.16. The predicted octanol–water partition coefficient (Wildman–Crippen LogP) is 2.52. The van der Waals surface area contributed by atoms with Crippen LogP contribution < -0.4 is 0 Å². The first-order chi connectivity index (χ1) is 12.2. The van der Waals surface area contributed by atoms with Crippen molar-refractivity contribution in [2.24, 2.45) is 5.92 Å². The molecule has 3 aliphatic heterocycles. The summed E-state index contributed by atoms with van der Waals surface area (Å²) in [4.78, 5) is 21.6. The Morgan fingerprint density at radius 3 is 2.88 bits per heavy atom. The van der Waals surface area contributed by atoms with Crippen LogP contribution in [0, 0.1) is 5.92 Å². The summed E-state index contributed by atoms with van der Waals surface area (Å²) in [7, 11) is 0. The molecule has 0 aliphatic carbocycles. The Balaban J connectivity index is 1.50. The number of aromatic hydroxyl groups is 1. The Bertz CT molecular complexity index is 750. The summed E-state index contributed by atoms with van der Waals surface area (Å²) < 4.78 is 0. The van der Waals surface area contributed by atoms with E-state index >= 15 is 0 Å². The minimum atomic E-state index is 0.0360. The fourth-order valence-electron chi connectivity index (χ4n) is 4.11. The summed E-state index contributed by atoms with van der Waals surface area (Å²) in [6.45, 7) is 3.61. The van der Waals surface area contributed by atoms with Gasteiger partial charge in [-0.2, -0.15) is 0 Å². The van der Waals surface area contributed by atoms with Gasteiger partial charge in [-0.3, -0.25) is 14.7 Å². The fourth-order valence-corrected chi connectivity index (χ4v) is 4.11. The molecule has 3 aliphatic rings. The van der Waals surface area contributed by atoms with Crippen molar-refractivity contribution in [2.75, 3.05) is 19.6 Å². The Hall–Kier alpha value is -2.40. The van der Waals surface area contributed by atoms with Crippen molar-refractivity contribution in [3.63, 3.8) is 0 Å². The van der Waals surface area contributed by atoms with Gasteiger partial charge in [0.1, 0.15) is 5.75 Å². The zero-order valence-electron chi connectivity index (χ0n) is 14.2. The molecule has 3 fully saturated rings. The molecule has 2 atom stereocenters. The lowest BCUT2D eigenvalue weighted by molar-refractivity contribution is 0.0584. The number of amides is 1. The fraction of sp³-hybridized carbons (Fsp3) is 0.400. The number of benzene rings is 1. The monoisotopic (exact) mass is 337 g/mol. The smallest absolute Gasteiger partial charge is 0.254 e. The number of fused-ring (bicyclic) bond motifs is 4. The molecule has 2 bridgehead atoms. The molecule has 0 radical (unpaired) electrons. The summed E-state index contributed by atoms with van der Waals surface area (Å²) in [6.07, 6.45) is 5.95. The van der Waals surface area contributed by atoms with E-state index in [9.17, 15) is 9.90 Å². The van der Waals surface area contributed by atoms with Gasteiger partial charge in [0.05, 0.1) is 0 Å². The van der Waals surface area contributed by atoms with E-state index in [0.29, 0.717) is 11.5 Å². The van der Waals surface area contributed by atoms with Gasteiger partial charge in [-0.1, -0.05) is 12.1 Å². The van der Waals surface area contributed by atoms with E-state index in [0.717, 1.165) is 32.6 Å². The molecule has 3 saturated heterocycles. The van der Waals surface area contributed by atoms with Crippen molar-refractivity contribution in [3.05, 3.63) is 59.9 Å². The largest absolute Gasteiger partial charge is 0.508 e. The van der Waals surface area contributed by atoms with E-state index in [4.69, 9.17) is 0 Å². The first-order valence-corrected chi connectivity index (χ1v) is 8.90. The molecule has 1 aromatic carbocycles. The number of hydrogen-bond acceptors (Lipinski definition) is 4. The lowest BCUT2D eigenvalue weighted by Gasteiger charge is -2.36. The number of pyridine rings is 1. The van der Waals surface area contributed by atoms with Gasteiger partial charge in [-0.05, 0) is 48.6 Å². The predicted molar refractivity (Wildman–Crippen MR) is 95.2 cm³/mol. The molecule has 4 heterocycles. The van der Waals surface area contributed by atoms with Gasteiger partial charge in [0.15, 0.2) is 0 Å². The molecule has 2 aromatic rings. The number of nitrogens with zero attached hydrogens (tertiary/aromatic N) is 3. The maximum atomic E-state index is 12.9. The van der Waals surface area contributed by atoms with Crippen molar-refractivity contribution in [3.8, 4) is 5.75 Å². The van der Waals surface area contributed by atoms with E-state index in [-0.39, 0.29) is 17.7 Å². The lowest BCUT2D eigenvalue weighted by Crippen LogP contribution is -2.47. The first-order valence-electron chi connectivity index (χ1n) is 8.90. The highest BCUT2D eigenvalue weighted by atomic mass is 16.3. The molecule has 0 unspecified atom stereocenters. The SMILES string of the molecule is O=C(c1cccc(O)c1)N1C[C@H]2CC[C@@H]1CN(Cc1cccnc1)C2. The van der Waals surface area contributed by atoms with E-state index in [1.807, 2.05) is 17.2 Å². The van der Waals surface area contributed by atoms with Gasteiger partial charge in [-0.15, -0.1) is 0 Å².